The summed E-state index contributed by atoms with van der Waals surface area (Å²) in [5.74, 6) is 0. The van der Waals surface area contributed by atoms with Crippen molar-refractivity contribution in [2.24, 2.45) is 0 Å². The van der Waals surface area contributed by atoms with E-state index in [1.165, 1.54) is 323 Å². The van der Waals surface area contributed by atoms with E-state index in [4.69, 9.17) is 0 Å². The van der Waals surface area contributed by atoms with Crippen LogP contribution in [0.2, 0.25) is 0 Å². The molecule has 0 unspecified atom stereocenters. The van der Waals surface area contributed by atoms with Gasteiger partial charge in [0.05, 0.1) is 0 Å². The summed E-state index contributed by atoms with van der Waals surface area (Å²) < 4.78 is 0. The molecule has 0 radical (unpaired) electrons. The molecule has 16 aromatic rings. The summed E-state index contributed by atoms with van der Waals surface area (Å²) in [6, 6.07) is 83.2. The molecular formula is C131H134. The number of hydrogen-bond acceptors (Lipinski definition) is 0. The maximum atomic E-state index is 2.36. The molecule has 0 saturated carbocycles. The minimum Gasteiger partial charge on any atom is -0.0619 e. The molecule has 658 valence electrons. The quantitative estimate of drug-likeness (QED) is 0.142. The lowest BCUT2D eigenvalue weighted by Gasteiger charge is -2.16. The minimum absolute atomic E-state index is 1.10. The maximum absolute atomic E-state index is 2.36. The molecule has 8 aliphatic carbocycles. The average Bonchev–Trinajstić information content (AvgIpc) is 1.59. The van der Waals surface area contributed by atoms with Crippen molar-refractivity contribution in [1.82, 2.24) is 0 Å². The molecule has 0 aliphatic heterocycles. The second-order valence-corrected chi connectivity index (χ2v) is 40.0. The Hall–Kier alpha value is -12.5. The van der Waals surface area contributed by atoms with Gasteiger partial charge < -0.3 is 0 Å². The van der Waals surface area contributed by atoms with Crippen LogP contribution in [0.4, 0.5) is 0 Å². The molecular weight excluding hydrogens is 1570 g/mol. The Morgan fingerprint density at radius 3 is 1.02 bits per heavy atom. The number of hydrogen-bond donors (Lipinski definition) is 0. The van der Waals surface area contributed by atoms with Crippen LogP contribution in [0, 0.1) is 187 Å². The Morgan fingerprint density at radius 2 is 0.435 bits per heavy atom. The van der Waals surface area contributed by atoms with Crippen LogP contribution in [0.1, 0.15) is 239 Å². The van der Waals surface area contributed by atoms with Gasteiger partial charge in [0.15, 0.2) is 0 Å². The number of aryl methyl sites for hydroxylation is 15. The van der Waals surface area contributed by atoms with Gasteiger partial charge in [-0.25, -0.2) is 0 Å². The van der Waals surface area contributed by atoms with Gasteiger partial charge in [-0.2, -0.15) is 0 Å². The van der Waals surface area contributed by atoms with Crippen molar-refractivity contribution in [1.29, 1.82) is 0 Å². The van der Waals surface area contributed by atoms with Crippen molar-refractivity contribution in [3.8, 4) is 89.0 Å². The number of benzene rings is 16. The molecule has 0 N–H and O–H groups in total. The van der Waals surface area contributed by atoms with E-state index in [2.05, 4.69) is 411 Å². The Morgan fingerprint density at radius 1 is 0.122 bits per heavy atom. The average molecular weight is 1710 g/mol. The second-order valence-electron chi connectivity index (χ2n) is 40.0. The van der Waals surface area contributed by atoms with Crippen molar-refractivity contribution in [2.45, 2.75) is 238 Å². The van der Waals surface area contributed by atoms with Crippen molar-refractivity contribution in [2.75, 3.05) is 0 Å². The third-order valence-electron chi connectivity index (χ3n) is 31.8. The van der Waals surface area contributed by atoms with Gasteiger partial charge in [0.1, 0.15) is 0 Å². The fraction of sp³-hybridized carbons (Fsp3) is 0.267. The molecule has 0 heterocycles. The molecule has 0 aromatic heterocycles. The molecule has 24 rings (SSSR count). The van der Waals surface area contributed by atoms with E-state index in [0.717, 1.165) is 51.4 Å². The zero-order valence-corrected chi connectivity index (χ0v) is 83.5. The first kappa shape index (κ1) is 90.5. The Balaban J connectivity index is 0.000000105. The van der Waals surface area contributed by atoms with Gasteiger partial charge in [-0.15, -0.1) is 0 Å². The standard InChI is InChI=1S/3C17H18.5C16H16/c1-10-5-6-14-9-15-12(3)8-11(2)13(4)17(15)16(14)7-10;1-10-6-5-7-14-9-15-12(3)8-11(2)13(4)17(15)16(10)14;1-10-11(2)13(4)17-15-8-6-5-7-14(15)9-16(17)12(10)3;1-10-4-7-15-14(8-10)9-13-6-5-11(2)12(3)16(13)15;1-10-4-6-13-9-14-7-5-11(2)12(3)16(14)15(13)8-10;1-10-7-8-13-9-15-11(2)5-4-6-14(15)16(13)12(10)3;1-10-7-8-14-9-13-6-4-5-11(2)15(13)16(14)12(10)3;1-10-8-14-9-13-6-4-5-7-15(13)16(14)12(3)11(10)2/h3*5-8H,9H2,1-4H3;5*4-8H,9H2,1-3H3. The van der Waals surface area contributed by atoms with E-state index in [-0.39, 0.29) is 0 Å². The monoisotopic (exact) mass is 1710 g/mol. The van der Waals surface area contributed by atoms with Crippen molar-refractivity contribution >= 4 is 0 Å². The zero-order valence-electron chi connectivity index (χ0n) is 83.5. The largest absolute Gasteiger partial charge is 0.0619 e. The molecule has 0 fully saturated rings. The number of fused-ring (bicyclic) bond motifs is 24. The van der Waals surface area contributed by atoms with Crippen LogP contribution in [-0.2, 0) is 51.4 Å². The first-order valence-corrected chi connectivity index (χ1v) is 48.1. The third-order valence-corrected chi connectivity index (χ3v) is 31.8. The predicted octanol–water partition coefficient (Wildman–Crippen LogP) is 34.4. The van der Waals surface area contributed by atoms with Gasteiger partial charge in [0, 0.05) is 0 Å². The molecule has 0 nitrogen and oxygen atoms in total. The van der Waals surface area contributed by atoms with Crippen LogP contribution < -0.4 is 0 Å². The highest BCUT2D eigenvalue weighted by Gasteiger charge is 2.31. The summed E-state index contributed by atoms with van der Waals surface area (Å²) in [6.45, 7) is 60.1. The van der Waals surface area contributed by atoms with Crippen molar-refractivity contribution < 1.29 is 0 Å². The fourth-order valence-corrected chi connectivity index (χ4v) is 23.0. The van der Waals surface area contributed by atoms with Crippen LogP contribution in [0.5, 0.6) is 0 Å². The zero-order chi connectivity index (χ0) is 92.9. The molecule has 0 saturated heterocycles. The molecule has 0 amide bonds. The predicted molar refractivity (Wildman–Crippen MR) is 565 cm³/mol. The van der Waals surface area contributed by atoms with Gasteiger partial charge in [0.2, 0.25) is 0 Å². The molecule has 0 atom stereocenters. The van der Waals surface area contributed by atoms with Crippen molar-refractivity contribution in [3.63, 3.8) is 0 Å². The van der Waals surface area contributed by atoms with Crippen LogP contribution in [0.25, 0.3) is 89.0 Å². The van der Waals surface area contributed by atoms with E-state index < -0.39 is 0 Å². The minimum atomic E-state index is 1.10. The first-order valence-electron chi connectivity index (χ1n) is 48.1. The molecule has 0 spiro atoms. The van der Waals surface area contributed by atoms with E-state index in [1.54, 1.807) is 5.56 Å². The second kappa shape index (κ2) is 36.3. The van der Waals surface area contributed by atoms with Crippen LogP contribution in [0.3, 0.4) is 0 Å². The topological polar surface area (TPSA) is 0 Å². The molecule has 0 bridgehead atoms. The third kappa shape index (κ3) is 16.7. The normalized spacial score (nSPS) is 12.5. The SMILES string of the molecule is Cc1c(C)c(C)c2c(c1C)Cc1ccccc1-2.Cc1cc(C)c2c(c1C)-c1c(C)cccc1C2.Cc1cc2c(c(C)c1C)-c1ccccc1C2.Cc1ccc2c(c1)-c1c(C)c(C)cc(C)c1C2.Cc1ccc2c(c1)-c1c(ccc(C)c1C)C2.Cc1ccc2c(c1)Cc1ccc(C)c(C)c1-2.Cc1ccc2c(c1C)-c1c(C)cccc1C2.Cc1ccc2c(c1C)-c1cccc(C)c1C2. The van der Waals surface area contributed by atoms with E-state index in [0.29, 0.717) is 0 Å². The maximum Gasteiger partial charge on any atom is -0.00106 e. The first-order chi connectivity index (χ1) is 62.7. The summed E-state index contributed by atoms with van der Waals surface area (Å²) in [7, 11) is 0. The molecule has 8 aliphatic rings. The summed E-state index contributed by atoms with van der Waals surface area (Å²) in [4.78, 5) is 0. The lowest BCUT2D eigenvalue weighted by Crippen LogP contribution is -1.98. The Labute approximate surface area is 785 Å². The Kier molecular flexibility index (Phi) is 25.1. The summed E-state index contributed by atoms with van der Waals surface area (Å²) in [5, 5.41) is 0. The summed E-state index contributed by atoms with van der Waals surface area (Å²) in [5.41, 5.74) is 86.1. The van der Waals surface area contributed by atoms with Crippen LogP contribution in [-0.4, -0.2) is 0 Å². The lowest BCUT2D eigenvalue weighted by molar-refractivity contribution is 1.15. The number of rotatable bonds is 0. The Bertz CT molecular complexity index is 7340. The molecule has 131 heavy (non-hydrogen) atoms. The summed E-state index contributed by atoms with van der Waals surface area (Å²) >= 11 is 0. The highest BCUT2D eigenvalue weighted by Crippen LogP contribution is 2.50. The van der Waals surface area contributed by atoms with Crippen LogP contribution >= 0.6 is 0 Å². The van der Waals surface area contributed by atoms with Gasteiger partial charge in [-0.3, -0.25) is 0 Å². The smallest absolute Gasteiger partial charge is 0.00106 e. The highest BCUT2D eigenvalue weighted by molar-refractivity contribution is 5.89. The van der Waals surface area contributed by atoms with E-state index in [9.17, 15) is 0 Å². The highest BCUT2D eigenvalue weighted by atomic mass is 14.4. The summed E-state index contributed by atoms with van der Waals surface area (Å²) in [6.07, 6.45) is 8.86. The molecule has 16 aromatic carbocycles. The van der Waals surface area contributed by atoms with Crippen LogP contribution in [0.15, 0.2) is 224 Å². The van der Waals surface area contributed by atoms with Crippen molar-refractivity contribution in [3.05, 3.63) is 464 Å². The van der Waals surface area contributed by atoms with E-state index >= 15 is 0 Å². The lowest BCUT2D eigenvalue weighted by atomic mass is 9.89. The van der Waals surface area contributed by atoms with Gasteiger partial charge in [0.25, 0.3) is 0 Å². The van der Waals surface area contributed by atoms with Gasteiger partial charge >= 0.3 is 0 Å². The van der Waals surface area contributed by atoms with Gasteiger partial charge in [-0.05, 0) is 550 Å². The van der Waals surface area contributed by atoms with E-state index in [1.807, 2.05) is 0 Å². The van der Waals surface area contributed by atoms with Gasteiger partial charge in [-0.1, -0.05) is 241 Å². The fourth-order valence-electron chi connectivity index (χ4n) is 23.0. The molecule has 0 heteroatoms.